The highest BCUT2D eigenvalue weighted by Crippen LogP contribution is 2.39. The van der Waals surface area contributed by atoms with Crippen molar-refractivity contribution in [3.63, 3.8) is 0 Å². The van der Waals surface area contributed by atoms with Gasteiger partial charge in [-0.05, 0) is 6.07 Å². The van der Waals surface area contributed by atoms with Crippen molar-refractivity contribution in [3.8, 4) is 0 Å². The van der Waals surface area contributed by atoms with E-state index in [1.807, 2.05) is 22.9 Å². The number of hydrogen-bond donors (Lipinski definition) is 2. The summed E-state index contributed by atoms with van der Waals surface area (Å²) in [5, 5.41) is 13.5. The van der Waals surface area contributed by atoms with E-state index in [2.05, 4.69) is 5.10 Å². The van der Waals surface area contributed by atoms with Crippen LogP contribution in [0.5, 0.6) is 0 Å². The molecule has 0 saturated carbocycles. The Morgan fingerprint density at radius 2 is 2.33 bits per heavy atom. The zero-order chi connectivity index (χ0) is 16.1. The van der Waals surface area contributed by atoms with Gasteiger partial charge in [-0.25, -0.2) is 9.36 Å². The van der Waals surface area contributed by atoms with Gasteiger partial charge in [-0.2, -0.15) is 0 Å². The van der Waals surface area contributed by atoms with Crippen LogP contribution in [0.2, 0.25) is 0 Å². The molecule has 3 N–H and O–H groups in total. The van der Waals surface area contributed by atoms with Gasteiger partial charge in [0.2, 0.25) is 5.91 Å². The van der Waals surface area contributed by atoms with E-state index in [0.717, 1.165) is 5.65 Å². The van der Waals surface area contributed by atoms with Crippen LogP contribution in [0.1, 0.15) is 0 Å². The first-order valence-corrected chi connectivity index (χ1v) is 8.10. The Morgan fingerprint density at radius 1 is 1.54 bits per heavy atom. The molecule has 2 unspecified atom stereocenters. The van der Waals surface area contributed by atoms with Crippen molar-refractivity contribution in [1.82, 2.24) is 14.5 Å². The number of nitrogens with two attached hydrogens (primary N) is 1. The fourth-order valence-corrected chi connectivity index (χ4v) is 4.26. The number of fused-ring (bicyclic) bond motifs is 2. The van der Waals surface area contributed by atoms with Gasteiger partial charge >= 0.3 is 11.6 Å². The molecule has 2 aliphatic heterocycles. The summed E-state index contributed by atoms with van der Waals surface area (Å²) in [4.78, 5) is 24.9. The van der Waals surface area contributed by atoms with Crippen molar-refractivity contribution in [3.05, 3.63) is 42.0 Å². The molecule has 0 radical (unpaired) electrons. The van der Waals surface area contributed by atoms with Crippen molar-refractivity contribution in [2.24, 2.45) is 5.73 Å². The summed E-state index contributed by atoms with van der Waals surface area (Å²) in [6, 6.07) is 3.11. The molecular weight excluding hydrogens is 445 g/mol. The van der Waals surface area contributed by atoms with Crippen LogP contribution < -0.4 is 34.3 Å². The van der Waals surface area contributed by atoms with Crippen LogP contribution in [-0.2, 0) is 16.1 Å². The summed E-state index contributed by atoms with van der Waals surface area (Å²) in [5.74, 6) is -0.882. The summed E-state index contributed by atoms with van der Waals surface area (Å²) in [7, 11) is 0. The lowest BCUT2D eigenvalue weighted by Crippen LogP contribution is -3.00. The second kappa shape index (κ2) is 6.33. The lowest BCUT2D eigenvalue weighted by molar-refractivity contribution is -0.662. The van der Waals surface area contributed by atoms with E-state index in [1.54, 1.807) is 16.9 Å². The molecule has 2 aromatic rings. The molecule has 4 rings (SSSR count). The Bertz CT molecular complexity index is 867. The first kappa shape index (κ1) is 17.2. The number of imidazole rings is 1. The minimum absolute atomic E-state index is 0. The smallest absolute Gasteiger partial charge is 0.352 e. The second-order valence-electron chi connectivity index (χ2n) is 5.45. The molecule has 2 aliphatic rings. The third kappa shape index (κ3) is 2.48. The van der Waals surface area contributed by atoms with Crippen molar-refractivity contribution in [1.29, 1.82) is 0 Å². The standard InChI is InChI=1S/C14H13N5O3S.HI/c15-10-12(20)19-11(14(21)22)8(7-23-13(10)19)6-17-4-5-18-9(17)2-1-3-16-18;/h1-5,10,13H,6-7,15H2;1H. The molecule has 24 heavy (non-hydrogen) atoms. The van der Waals surface area contributed by atoms with E-state index in [4.69, 9.17) is 5.73 Å². The van der Waals surface area contributed by atoms with Crippen molar-refractivity contribution < 1.29 is 43.2 Å². The molecule has 2 atom stereocenters. The lowest BCUT2D eigenvalue weighted by atomic mass is 10.0. The maximum atomic E-state index is 11.9. The predicted octanol–water partition coefficient (Wildman–Crippen LogP) is -3.79. The van der Waals surface area contributed by atoms with E-state index < -0.39 is 12.0 Å². The number of carbonyl (C=O) groups excluding carboxylic acids is 1. The van der Waals surface area contributed by atoms with Gasteiger partial charge in [0.25, 0.3) is 0 Å². The molecule has 4 heterocycles. The number of thioether (sulfide) groups is 1. The van der Waals surface area contributed by atoms with Gasteiger partial charge in [-0.3, -0.25) is 9.69 Å². The zero-order valence-corrected chi connectivity index (χ0v) is 15.3. The predicted molar refractivity (Wildman–Crippen MR) is 81.1 cm³/mol. The van der Waals surface area contributed by atoms with E-state index in [-0.39, 0.29) is 41.0 Å². The largest absolute Gasteiger partial charge is 1.00 e. The number of carboxylic acids is 1. The third-order valence-corrected chi connectivity index (χ3v) is 5.45. The number of carbonyl (C=O) groups is 2. The van der Waals surface area contributed by atoms with Crippen molar-refractivity contribution in [2.45, 2.75) is 18.0 Å². The Kier molecular flexibility index (Phi) is 4.53. The summed E-state index contributed by atoms with van der Waals surface area (Å²) < 4.78 is 3.63. The molecule has 1 fully saturated rings. The topological polar surface area (TPSA) is 105 Å². The number of nitrogens with zero attached hydrogens (tertiary/aromatic N) is 4. The molecular formula is C14H14IN5O3S. The van der Waals surface area contributed by atoms with E-state index >= 15 is 0 Å². The summed E-state index contributed by atoms with van der Waals surface area (Å²) >= 11 is 1.50. The van der Waals surface area contributed by atoms with Crippen molar-refractivity contribution >= 4 is 29.3 Å². The molecule has 10 heteroatoms. The van der Waals surface area contributed by atoms with Crippen LogP contribution in [0.3, 0.4) is 0 Å². The number of β-lactam (4-membered cyclic amide) rings is 1. The summed E-state index contributed by atoms with van der Waals surface area (Å²) in [6.07, 6.45) is 5.33. The summed E-state index contributed by atoms with van der Waals surface area (Å²) in [6.45, 7) is 0.391. The fourth-order valence-electron chi connectivity index (χ4n) is 2.98. The van der Waals surface area contributed by atoms with Crippen LogP contribution >= 0.6 is 11.8 Å². The van der Waals surface area contributed by atoms with Crippen molar-refractivity contribution in [2.75, 3.05) is 5.75 Å². The molecule has 1 amide bonds. The van der Waals surface area contributed by atoms with Gasteiger partial charge < -0.3 is 34.8 Å². The van der Waals surface area contributed by atoms with Crippen LogP contribution in [0.4, 0.5) is 0 Å². The summed E-state index contributed by atoms with van der Waals surface area (Å²) in [5.41, 5.74) is 7.36. The molecule has 8 nitrogen and oxygen atoms in total. The van der Waals surface area contributed by atoms with Gasteiger partial charge in [0.05, 0.1) is 6.20 Å². The van der Waals surface area contributed by atoms with E-state index in [1.165, 1.54) is 16.7 Å². The number of aromatic nitrogens is 3. The molecule has 2 aromatic heterocycles. The quantitative estimate of drug-likeness (QED) is 0.277. The first-order chi connectivity index (χ1) is 11.1. The van der Waals surface area contributed by atoms with Gasteiger partial charge in [0.1, 0.15) is 29.9 Å². The zero-order valence-electron chi connectivity index (χ0n) is 12.4. The lowest BCUT2D eigenvalue weighted by Gasteiger charge is -2.47. The van der Waals surface area contributed by atoms with Gasteiger partial charge in [0, 0.05) is 17.4 Å². The van der Waals surface area contributed by atoms with Crippen LogP contribution in [0.15, 0.2) is 42.0 Å². The normalized spacial score (nSPS) is 22.9. The Morgan fingerprint density at radius 3 is 3.08 bits per heavy atom. The Hall–Kier alpha value is -1.66. The van der Waals surface area contributed by atoms with Gasteiger partial charge in [0.15, 0.2) is 6.20 Å². The molecule has 0 bridgehead atoms. The number of aliphatic carboxylic acids is 1. The SMILES string of the molecule is NC1C(=O)N2C(C(=O)O)=C(C[n+]3ccn4ncccc43)CSC12.[I-]. The van der Waals surface area contributed by atoms with E-state index in [0.29, 0.717) is 17.9 Å². The molecule has 0 spiro atoms. The Balaban J connectivity index is 0.00000169. The number of halogens is 1. The minimum Gasteiger partial charge on any atom is -1.00 e. The van der Waals surface area contributed by atoms with E-state index in [9.17, 15) is 14.7 Å². The fraction of sp³-hybridized carbons (Fsp3) is 0.286. The van der Waals surface area contributed by atoms with Crippen LogP contribution in [0, 0.1) is 0 Å². The van der Waals surface area contributed by atoms with Gasteiger partial charge in [-0.15, -0.1) is 16.3 Å². The molecule has 126 valence electrons. The monoisotopic (exact) mass is 459 g/mol. The maximum Gasteiger partial charge on any atom is 0.352 e. The number of rotatable bonds is 3. The highest BCUT2D eigenvalue weighted by molar-refractivity contribution is 8.00. The molecule has 1 saturated heterocycles. The third-order valence-electron chi connectivity index (χ3n) is 4.09. The highest BCUT2D eigenvalue weighted by atomic mass is 127. The average Bonchev–Trinajstić information content (AvgIpc) is 2.96. The number of hydrogen-bond acceptors (Lipinski definition) is 5. The number of carboxylic acid groups (broad SMARTS) is 1. The number of amides is 1. The first-order valence-electron chi connectivity index (χ1n) is 7.05. The maximum absolute atomic E-state index is 11.9. The van der Waals surface area contributed by atoms with Crippen LogP contribution in [0.25, 0.3) is 5.65 Å². The highest BCUT2D eigenvalue weighted by Gasteiger charge is 2.51. The second-order valence-corrected chi connectivity index (χ2v) is 6.55. The van der Waals surface area contributed by atoms with Gasteiger partial charge in [-0.1, -0.05) is 5.10 Å². The molecule has 0 aliphatic carbocycles. The Labute approximate surface area is 158 Å². The minimum atomic E-state index is -1.09. The molecule has 0 aromatic carbocycles. The van der Waals surface area contributed by atoms with Crippen LogP contribution in [-0.4, -0.2) is 48.7 Å². The average molecular weight is 459 g/mol.